The zero-order valence-electron chi connectivity index (χ0n) is 14.8. The number of carbonyl (C=O) groups excluding carboxylic acids is 2. The Hall–Kier alpha value is -2.73. The Morgan fingerprint density at radius 3 is 2.52 bits per heavy atom. The molecule has 0 N–H and O–H groups in total. The van der Waals surface area contributed by atoms with Crippen LogP contribution in [-0.2, 0) is 14.3 Å². The van der Waals surface area contributed by atoms with Gasteiger partial charge in [0, 0.05) is 21.5 Å². The van der Waals surface area contributed by atoms with E-state index >= 15 is 0 Å². The molecule has 0 saturated carbocycles. The highest BCUT2D eigenvalue weighted by molar-refractivity contribution is 9.10. The number of fused-ring (bicyclic) bond motifs is 1. The summed E-state index contributed by atoms with van der Waals surface area (Å²) >= 11 is 3.49. The second kappa shape index (κ2) is 7.88. The number of halogens is 1. The lowest BCUT2D eigenvalue weighted by atomic mass is 9.96. The molecule has 0 spiro atoms. The van der Waals surface area contributed by atoms with E-state index in [1.165, 1.54) is 12.1 Å². The molecule has 2 aromatic carbocycles. The van der Waals surface area contributed by atoms with Crippen molar-refractivity contribution in [3.63, 3.8) is 0 Å². The Morgan fingerprint density at radius 2 is 1.85 bits per heavy atom. The van der Waals surface area contributed by atoms with Gasteiger partial charge in [-0.3, -0.25) is 4.79 Å². The fourth-order valence-electron chi connectivity index (χ4n) is 2.85. The molecule has 0 aliphatic rings. The Bertz CT molecular complexity index is 1070. The van der Waals surface area contributed by atoms with E-state index in [2.05, 4.69) is 15.9 Å². The molecule has 6 heteroatoms. The molecule has 27 heavy (non-hydrogen) atoms. The number of carbonyl (C=O) groups is 2. The van der Waals surface area contributed by atoms with Crippen molar-refractivity contribution in [2.24, 2.45) is 0 Å². The minimum atomic E-state index is -1.07. The van der Waals surface area contributed by atoms with Crippen molar-refractivity contribution in [2.45, 2.75) is 25.9 Å². The zero-order chi connectivity index (χ0) is 19.6. The minimum absolute atomic E-state index is 0.301. The van der Waals surface area contributed by atoms with E-state index in [0.717, 1.165) is 10.0 Å². The van der Waals surface area contributed by atoms with Gasteiger partial charge in [0.15, 0.2) is 0 Å². The van der Waals surface area contributed by atoms with E-state index in [0.29, 0.717) is 28.4 Å². The smallest absolute Gasteiger partial charge is 0.336 e. The molecular formula is C21H17BrO5. The summed E-state index contributed by atoms with van der Waals surface area (Å²) in [4.78, 5) is 35.7. The Labute approximate surface area is 164 Å². The second-order valence-electron chi connectivity index (χ2n) is 6.31. The molecule has 3 rings (SSSR count). The third-order valence-corrected chi connectivity index (χ3v) is 4.73. The van der Waals surface area contributed by atoms with Gasteiger partial charge in [-0.05, 0) is 37.1 Å². The van der Waals surface area contributed by atoms with Crippen LogP contribution in [-0.4, -0.2) is 18.4 Å². The molecule has 1 aromatic heterocycles. The average Bonchev–Trinajstić information content (AvgIpc) is 2.61. The summed E-state index contributed by atoms with van der Waals surface area (Å²) in [6.07, 6.45) is 0.196. The van der Waals surface area contributed by atoms with E-state index in [-0.39, 0.29) is 6.10 Å². The molecule has 138 valence electrons. The number of ether oxygens (including phenoxy) is 1. The summed E-state index contributed by atoms with van der Waals surface area (Å²) in [5.74, 6) is -1.71. The highest BCUT2D eigenvalue weighted by Crippen LogP contribution is 2.33. The van der Waals surface area contributed by atoms with Crippen LogP contribution in [0.3, 0.4) is 0 Å². The molecule has 0 bridgehead atoms. The van der Waals surface area contributed by atoms with Crippen LogP contribution in [0.15, 0.2) is 62.2 Å². The minimum Gasteiger partial charge on any atom is -0.462 e. The Balaban J connectivity index is 2.14. The monoisotopic (exact) mass is 428 g/mol. The molecule has 0 radical (unpaired) electrons. The number of benzene rings is 2. The van der Waals surface area contributed by atoms with Crippen LogP contribution in [0.5, 0.6) is 0 Å². The fourth-order valence-corrected chi connectivity index (χ4v) is 3.35. The first-order valence-electron chi connectivity index (χ1n) is 8.39. The lowest BCUT2D eigenvalue weighted by molar-refractivity contribution is -0.150. The van der Waals surface area contributed by atoms with Crippen molar-refractivity contribution in [2.75, 3.05) is 0 Å². The first-order valence-corrected chi connectivity index (χ1v) is 9.18. The summed E-state index contributed by atoms with van der Waals surface area (Å²) in [5, 5.41) is 0.701. The molecule has 1 heterocycles. The summed E-state index contributed by atoms with van der Waals surface area (Å²) in [6, 6.07) is 13.9. The highest BCUT2D eigenvalue weighted by atomic mass is 79.9. The molecule has 0 aliphatic heterocycles. The third kappa shape index (κ3) is 4.01. The van der Waals surface area contributed by atoms with Gasteiger partial charge in [-0.2, -0.15) is 0 Å². The Kier molecular flexibility index (Phi) is 5.56. The quantitative estimate of drug-likeness (QED) is 0.259. The predicted molar refractivity (Wildman–Crippen MR) is 106 cm³/mol. The van der Waals surface area contributed by atoms with E-state index in [1.54, 1.807) is 26.0 Å². The van der Waals surface area contributed by atoms with Crippen molar-refractivity contribution < 1.29 is 18.7 Å². The average molecular weight is 429 g/mol. The maximum Gasteiger partial charge on any atom is 0.336 e. The van der Waals surface area contributed by atoms with Crippen LogP contribution in [0.4, 0.5) is 0 Å². The largest absolute Gasteiger partial charge is 0.462 e. The van der Waals surface area contributed by atoms with Gasteiger partial charge >= 0.3 is 11.6 Å². The summed E-state index contributed by atoms with van der Waals surface area (Å²) in [6.45, 7) is 3.42. The molecule has 0 aliphatic carbocycles. The van der Waals surface area contributed by atoms with Crippen LogP contribution >= 0.6 is 15.9 Å². The van der Waals surface area contributed by atoms with E-state index < -0.39 is 17.5 Å². The molecule has 3 aromatic rings. The maximum absolute atomic E-state index is 12.2. The van der Waals surface area contributed by atoms with Crippen LogP contribution < -0.4 is 5.63 Å². The van der Waals surface area contributed by atoms with Gasteiger partial charge in [-0.25, -0.2) is 4.79 Å². The van der Waals surface area contributed by atoms with Gasteiger partial charge in [0.1, 0.15) is 17.8 Å². The number of esters is 1. The van der Waals surface area contributed by atoms with Crippen LogP contribution in [0.25, 0.3) is 22.1 Å². The van der Waals surface area contributed by atoms with E-state index in [4.69, 9.17) is 9.15 Å². The molecule has 0 fully saturated rings. The van der Waals surface area contributed by atoms with Gasteiger partial charge in [0.2, 0.25) is 0 Å². The normalized spacial score (nSPS) is 12.1. The van der Waals surface area contributed by atoms with Gasteiger partial charge in [0.05, 0.1) is 6.10 Å². The van der Waals surface area contributed by atoms with Gasteiger partial charge in [-0.15, -0.1) is 0 Å². The lowest BCUT2D eigenvalue weighted by Crippen LogP contribution is -2.20. The number of hydrogen-bond acceptors (Lipinski definition) is 5. The summed E-state index contributed by atoms with van der Waals surface area (Å²) in [7, 11) is 0. The number of aldehydes is 1. The summed E-state index contributed by atoms with van der Waals surface area (Å²) < 4.78 is 11.3. The van der Waals surface area contributed by atoms with Crippen molar-refractivity contribution in [1.82, 2.24) is 0 Å². The van der Waals surface area contributed by atoms with Crippen molar-refractivity contribution in [1.29, 1.82) is 0 Å². The first kappa shape index (κ1) is 19.0. The van der Waals surface area contributed by atoms with Crippen LogP contribution in [0, 0.1) is 0 Å². The molecule has 5 nitrogen and oxygen atoms in total. The lowest BCUT2D eigenvalue weighted by Gasteiger charge is -2.14. The van der Waals surface area contributed by atoms with Crippen molar-refractivity contribution in [3.8, 4) is 11.1 Å². The van der Waals surface area contributed by atoms with Gasteiger partial charge in [0.25, 0.3) is 0 Å². The van der Waals surface area contributed by atoms with Gasteiger partial charge < -0.3 is 13.9 Å². The topological polar surface area (TPSA) is 73.6 Å². The molecular weight excluding hydrogens is 412 g/mol. The van der Waals surface area contributed by atoms with Crippen LogP contribution in [0.2, 0.25) is 0 Å². The standard InChI is InChI=1S/C21H17BrO5/c1-12(2)26-21(25)17(11-23)13-7-8-15-16(10-20(24)27-19(15)9-13)14-5-3-4-6-18(14)22/h3-12,17H,1-2H3. The van der Waals surface area contributed by atoms with Gasteiger partial charge in [-0.1, -0.05) is 46.3 Å². The second-order valence-corrected chi connectivity index (χ2v) is 7.17. The zero-order valence-corrected chi connectivity index (χ0v) is 16.4. The summed E-state index contributed by atoms with van der Waals surface area (Å²) in [5.41, 5.74) is 1.74. The van der Waals surface area contributed by atoms with Crippen LogP contribution in [0.1, 0.15) is 25.3 Å². The number of rotatable bonds is 5. The molecule has 1 unspecified atom stereocenters. The fraction of sp³-hybridized carbons (Fsp3) is 0.190. The molecule has 0 amide bonds. The third-order valence-electron chi connectivity index (χ3n) is 4.03. The SMILES string of the molecule is CC(C)OC(=O)C(C=O)c1ccc2c(-c3ccccc3Br)cc(=O)oc2c1. The predicted octanol–water partition coefficient (Wildman–Crippen LogP) is 4.46. The van der Waals surface area contributed by atoms with E-state index in [1.807, 2.05) is 24.3 Å². The highest BCUT2D eigenvalue weighted by Gasteiger charge is 2.23. The molecule has 1 atom stereocenters. The first-order chi connectivity index (χ1) is 12.9. The molecule has 0 saturated heterocycles. The van der Waals surface area contributed by atoms with Crippen molar-refractivity contribution in [3.05, 3.63) is 69.0 Å². The Morgan fingerprint density at radius 1 is 1.11 bits per heavy atom. The maximum atomic E-state index is 12.2. The number of hydrogen-bond donors (Lipinski definition) is 0. The van der Waals surface area contributed by atoms with Crippen molar-refractivity contribution >= 4 is 39.2 Å². The van der Waals surface area contributed by atoms with E-state index in [9.17, 15) is 14.4 Å².